The molecule has 0 spiro atoms. The molecule has 1 aromatic rings. The number of hydrogen-bond donors (Lipinski definition) is 2. The molecule has 0 aliphatic carbocycles. The van der Waals surface area contributed by atoms with Gasteiger partial charge in [-0.15, -0.1) is 0 Å². The monoisotopic (exact) mass is 262 g/mol. The summed E-state index contributed by atoms with van der Waals surface area (Å²) in [6.45, 7) is 8.24. The Kier molecular flexibility index (Phi) is 4.50. The first kappa shape index (κ1) is 14.0. The van der Waals surface area contributed by atoms with Gasteiger partial charge in [0, 0.05) is 45.1 Å². The van der Waals surface area contributed by atoms with Gasteiger partial charge in [-0.05, 0) is 31.5 Å². The van der Waals surface area contributed by atoms with Crippen molar-refractivity contribution in [2.75, 3.05) is 26.2 Å². The van der Waals surface area contributed by atoms with E-state index in [9.17, 15) is 4.79 Å². The van der Waals surface area contributed by atoms with Gasteiger partial charge >= 0.3 is 0 Å². The van der Waals surface area contributed by atoms with Crippen molar-refractivity contribution < 1.29 is 4.79 Å². The van der Waals surface area contributed by atoms with Gasteiger partial charge in [0.15, 0.2) is 0 Å². The van der Waals surface area contributed by atoms with Crippen LogP contribution in [0.4, 0.5) is 0 Å². The van der Waals surface area contributed by atoms with Crippen LogP contribution in [0.1, 0.15) is 19.4 Å². The van der Waals surface area contributed by atoms with Crippen LogP contribution in [0.3, 0.4) is 0 Å². The molecule has 0 unspecified atom stereocenters. The van der Waals surface area contributed by atoms with Crippen LogP contribution in [0.25, 0.3) is 0 Å². The predicted octanol–water partition coefficient (Wildman–Crippen LogP) is 0.382. The van der Waals surface area contributed by atoms with Gasteiger partial charge < -0.3 is 10.6 Å². The number of piperazine rings is 1. The third-order valence-corrected chi connectivity index (χ3v) is 3.67. The first-order valence-corrected chi connectivity index (χ1v) is 6.73. The van der Waals surface area contributed by atoms with Crippen molar-refractivity contribution in [3.63, 3.8) is 0 Å². The first-order chi connectivity index (χ1) is 9.10. The van der Waals surface area contributed by atoms with Crippen LogP contribution in [-0.2, 0) is 11.3 Å². The summed E-state index contributed by atoms with van der Waals surface area (Å²) in [5.41, 5.74) is 0.606. The largest absolute Gasteiger partial charge is 0.350 e. The second kappa shape index (κ2) is 6.12. The Labute approximate surface area is 114 Å². The maximum atomic E-state index is 12.3. The summed E-state index contributed by atoms with van der Waals surface area (Å²) >= 11 is 0. The highest BCUT2D eigenvalue weighted by Crippen LogP contribution is 2.15. The lowest BCUT2D eigenvalue weighted by Gasteiger charge is -2.39. The minimum absolute atomic E-state index is 0.0752. The van der Waals surface area contributed by atoms with Crippen molar-refractivity contribution in [1.29, 1.82) is 0 Å². The smallest absolute Gasteiger partial charge is 0.240 e. The highest BCUT2D eigenvalue weighted by Gasteiger charge is 2.34. The van der Waals surface area contributed by atoms with Gasteiger partial charge in [0.25, 0.3) is 0 Å². The number of amides is 1. The van der Waals surface area contributed by atoms with Crippen LogP contribution in [-0.4, -0.2) is 47.5 Å². The fraction of sp³-hybridized carbons (Fsp3) is 0.571. The number of pyridine rings is 1. The van der Waals surface area contributed by atoms with E-state index in [1.807, 2.05) is 26.0 Å². The van der Waals surface area contributed by atoms with Crippen molar-refractivity contribution in [3.8, 4) is 0 Å². The van der Waals surface area contributed by atoms with E-state index in [0.29, 0.717) is 6.54 Å². The normalized spacial score (nSPS) is 17.2. The molecule has 0 aromatic carbocycles. The Morgan fingerprint density at radius 1 is 1.37 bits per heavy atom. The molecule has 1 aliphatic rings. The van der Waals surface area contributed by atoms with Crippen LogP contribution in [0, 0.1) is 0 Å². The lowest BCUT2D eigenvalue weighted by molar-refractivity contribution is -0.132. The average Bonchev–Trinajstić information content (AvgIpc) is 2.46. The summed E-state index contributed by atoms with van der Waals surface area (Å²) in [5.74, 6) is 0.0752. The Morgan fingerprint density at radius 3 is 2.63 bits per heavy atom. The maximum absolute atomic E-state index is 12.3. The van der Waals surface area contributed by atoms with Crippen LogP contribution < -0.4 is 10.6 Å². The van der Waals surface area contributed by atoms with Gasteiger partial charge in [0.05, 0.1) is 5.54 Å². The fourth-order valence-electron chi connectivity index (χ4n) is 2.27. The molecule has 0 saturated carbocycles. The summed E-state index contributed by atoms with van der Waals surface area (Å²) < 4.78 is 0. The van der Waals surface area contributed by atoms with E-state index in [1.54, 1.807) is 12.4 Å². The molecule has 1 saturated heterocycles. The number of nitrogens with zero attached hydrogens (tertiary/aromatic N) is 2. The molecule has 2 N–H and O–H groups in total. The molecule has 5 nitrogen and oxygen atoms in total. The van der Waals surface area contributed by atoms with E-state index in [0.717, 1.165) is 31.7 Å². The van der Waals surface area contributed by atoms with Gasteiger partial charge in [-0.25, -0.2) is 0 Å². The minimum atomic E-state index is -0.463. The molecular weight excluding hydrogens is 240 g/mol. The quantitative estimate of drug-likeness (QED) is 0.824. The lowest BCUT2D eigenvalue weighted by Crippen LogP contribution is -2.59. The molecule has 2 rings (SSSR count). The molecule has 5 heteroatoms. The van der Waals surface area contributed by atoms with E-state index in [2.05, 4.69) is 20.5 Å². The van der Waals surface area contributed by atoms with Gasteiger partial charge in [0.1, 0.15) is 0 Å². The van der Waals surface area contributed by atoms with E-state index in [1.165, 1.54) is 0 Å². The Balaban J connectivity index is 1.90. The minimum Gasteiger partial charge on any atom is -0.350 e. The van der Waals surface area contributed by atoms with Crippen molar-refractivity contribution in [2.24, 2.45) is 0 Å². The van der Waals surface area contributed by atoms with Gasteiger partial charge in [-0.3, -0.25) is 14.7 Å². The molecule has 0 bridgehead atoms. The van der Waals surface area contributed by atoms with Gasteiger partial charge in [-0.1, -0.05) is 0 Å². The summed E-state index contributed by atoms with van der Waals surface area (Å²) in [6, 6.07) is 3.83. The lowest BCUT2D eigenvalue weighted by atomic mass is 10.0. The number of hydrogen-bond acceptors (Lipinski definition) is 4. The highest BCUT2D eigenvalue weighted by atomic mass is 16.2. The average molecular weight is 262 g/mol. The van der Waals surface area contributed by atoms with Crippen LogP contribution in [0.5, 0.6) is 0 Å². The number of rotatable bonds is 4. The fourth-order valence-corrected chi connectivity index (χ4v) is 2.27. The number of nitrogens with one attached hydrogen (secondary N) is 2. The zero-order valence-electron chi connectivity index (χ0n) is 11.6. The molecule has 0 radical (unpaired) electrons. The standard InChI is InChI=1S/C14H22N4O/c1-14(2,18-9-7-16-8-10-18)13(19)17-11-12-3-5-15-6-4-12/h3-6,16H,7-11H2,1-2H3,(H,17,19). The van der Waals surface area contributed by atoms with E-state index in [4.69, 9.17) is 0 Å². The zero-order valence-corrected chi connectivity index (χ0v) is 11.6. The molecule has 19 heavy (non-hydrogen) atoms. The molecule has 2 heterocycles. The summed E-state index contributed by atoms with van der Waals surface area (Å²) in [7, 11) is 0. The van der Waals surface area contributed by atoms with Crippen LogP contribution in [0.2, 0.25) is 0 Å². The molecule has 104 valence electrons. The van der Waals surface area contributed by atoms with Crippen LogP contribution in [0.15, 0.2) is 24.5 Å². The number of carbonyl (C=O) groups is 1. The highest BCUT2D eigenvalue weighted by molar-refractivity contribution is 5.85. The summed E-state index contributed by atoms with van der Waals surface area (Å²) in [4.78, 5) is 18.5. The maximum Gasteiger partial charge on any atom is 0.240 e. The van der Waals surface area contributed by atoms with E-state index >= 15 is 0 Å². The van der Waals surface area contributed by atoms with Gasteiger partial charge in [0.2, 0.25) is 5.91 Å². The van der Waals surface area contributed by atoms with Crippen molar-refractivity contribution >= 4 is 5.91 Å². The molecule has 1 aliphatic heterocycles. The van der Waals surface area contributed by atoms with Crippen molar-refractivity contribution in [2.45, 2.75) is 25.9 Å². The molecule has 0 atom stereocenters. The Morgan fingerprint density at radius 2 is 2.00 bits per heavy atom. The second-order valence-corrected chi connectivity index (χ2v) is 5.33. The molecule has 1 fully saturated rings. The molecule has 1 amide bonds. The van der Waals surface area contributed by atoms with Crippen LogP contribution >= 0.6 is 0 Å². The SMILES string of the molecule is CC(C)(C(=O)NCc1ccncc1)N1CCNCC1. The van der Waals surface area contributed by atoms with E-state index < -0.39 is 5.54 Å². The second-order valence-electron chi connectivity index (χ2n) is 5.33. The predicted molar refractivity (Wildman–Crippen MR) is 74.6 cm³/mol. The number of aromatic nitrogens is 1. The molecule has 1 aromatic heterocycles. The topological polar surface area (TPSA) is 57.3 Å². The van der Waals surface area contributed by atoms with E-state index in [-0.39, 0.29) is 5.91 Å². The first-order valence-electron chi connectivity index (χ1n) is 6.73. The van der Waals surface area contributed by atoms with Gasteiger partial charge in [-0.2, -0.15) is 0 Å². The number of carbonyl (C=O) groups excluding carboxylic acids is 1. The zero-order chi connectivity index (χ0) is 13.7. The Hall–Kier alpha value is -1.46. The van der Waals surface area contributed by atoms with Crippen molar-refractivity contribution in [3.05, 3.63) is 30.1 Å². The van der Waals surface area contributed by atoms with Crippen molar-refractivity contribution in [1.82, 2.24) is 20.5 Å². The summed E-state index contributed by atoms with van der Waals surface area (Å²) in [5, 5.41) is 6.31. The summed E-state index contributed by atoms with van der Waals surface area (Å²) in [6.07, 6.45) is 3.48. The third-order valence-electron chi connectivity index (χ3n) is 3.67. The third kappa shape index (κ3) is 3.52. The molecular formula is C14H22N4O. The Bertz CT molecular complexity index is 413.